The minimum atomic E-state index is 0.258. The predicted octanol–water partition coefficient (Wildman–Crippen LogP) is 4.95. The highest BCUT2D eigenvalue weighted by Gasteiger charge is 2.08. The van der Waals surface area contributed by atoms with E-state index in [0.717, 1.165) is 27.9 Å². The summed E-state index contributed by atoms with van der Waals surface area (Å²) in [5.41, 5.74) is 1.14. The first-order valence-corrected chi connectivity index (χ1v) is 7.46. The first-order valence-electron chi connectivity index (χ1n) is 5.89. The number of rotatable bonds is 5. The van der Waals surface area contributed by atoms with Gasteiger partial charge in [-0.25, -0.2) is 0 Å². The van der Waals surface area contributed by atoms with Crippen LogP contribution in [0.3, 0.4) is 0 Å². The lowest BCUT2D eigenvalue weighted by molar-refractivity contribution is 0.579. The molecule has 0 spiro atoms. The molecule has 1 aromatic carbocycles. The average Bonchev–Trinajstić information content (AvgIpc) is 2.75. The zero-order chi connectivity index (χ0) is 13.0. The molecule has 2 aromatic rings. The van der Waals surface area contributed by atoms with Crippen molar-refractivity contribution in [1.82, 2.24) is 5.32 Å². The Bertz CT molecular complexity index is 510. The van der Waals surface area contributed by atoms with E-state index in [9.17, 15) is 0 Å². The summed E-state index contributed by atoms with van der Waals surface area (Å²) < 4.78 is 0.851. The van der Waals surface area contributed by atoms with Gasteiger partial charge in [0.05, 0.1) is 4.34 Å². The van der Waals surface area contributed by atoms with E-state index in [4.69, 9.17) is 23.2 Å². The van der Waals surface area contributed by atoms with Crippen molar-refractivity contribution in [1.29, 1.82) is 0 Å². The van der Waals surface area contributed by atoms with Gasteiger partial charge < -0.3 is 5.32 Å². The number of halogens is 2. The van der Waals surface area contributed by atoms with Crippen LogP contribution in [-0.4, -0.2) is 6.54 Å². The highest BCUT2D eigenvalue weighted by molar-refractivity contribution is 7.16. The topological polar surface area (TPSA) is 12.0 Å². The summed E-state index contributed by atoms with van der Waals surface area (Å²) in [7, 11) is 0. The van der Waals surface area contributed by atoms with Gasteiger partial charge in [0, 0.05) is 22.5 Å². The smallest absolute Gasteiger partial charge is 0.0931 e. The van der Waals surface area contributed by atoms with E-state index in [1.54, 1.807) is 11.3 Å². The van der Waals surface area contributed by atoms with Crippen LogP contribution < -0.4 is 5.32 Å². The monoisotopic (exact) mass is 299 g/mol. The van der Waals surface area contributed by atoms with Crippen LogP contribution in [0.15, 0.2) is 36.4 Å². The highest BCUT2D eigenvalue weighted by atomic mass is 35.5. The van der Waals surface area contributed by atoms with Crippen molar-refractivity contribution < 1.29 is 0 Å². The molecule has 18 heavy (non-hydrogen) atoms. The van der Waals surface area contributed by atoms with Crippen molar-refractivity contribution in [2.75, 3.05) is 6.54 Å². The minimum Gasteiger partial charge on any atom is -0.310 e. The summed E-state index contributed by atoms with van der Waals surface area (Å²) in [6.07, 6.45) is 0.992. The fourth-order valence-electron chi connectivity index (χ4n) is 1.83. The average molecular weight is 300 g/mol. The lowest BCUT2D eigenvalue weighted by atomic mass is 10.1. The Hall–Kier alpha value is -0.540. The molecule has 0 fully saturated rings. The van der Waals surface area contributed by atoms with Gasteiger partial charge >= 0.3 is 0 Å². The van der Waals surface area contributed by atoms with E-state index in [1.165, 1.54) is 4.88 Å². The van der Waals surface area contributed by atoms with Crippen molar-refractivity contribution in [3.05, 3.63) is 56.2 Å². The number of hydrogen-bond acceptors (Lipinski definition) is 2. The summed E-state index contributed by atoms with van der Waals surface area (Å²) in [5, 5.41) is 4.29. The molecule has 0 saturated heterocycles. The predicted molar refractivity (Wildman–Crippen MR) is 80.9 cm³/mol. The van der Waals surface area contributed by atoms with Gasteiger partial charge in [0.25, 0.3) is 0 Å². The van der Waals surface area contributed by atoms with Crippen molar-refractivity contribution in [2.24, 2.45) is 0 Å². The van der Waals surface area contributed by atoms with Crippen LogP contribution in [0.1, 0.15) is 23.4 Å². The van der Waals surface area contributed by atoms with Crippen LogP contribution in [0, 0.1) is 0 Å². The molecule has 2 rings (SSSR count). The number of thiophene rings is 1. The lowest BCUT2D eigenvalue weighted by Crippen LogP contribution is -2.21. The Morgan fingerprint density at radius 3 is 2.61 bits per heavy atom. The maximum absolute atomic E-state index is 6.16. The van der Waals surface area contributed by atoms with E-state index in [2.05, 4.69) is 24.4 Å². The molecule has 0 aliphatic rings. The number of benzene rings is 1. The minimum absolute atomic E-state index is 0.258. The van der Waals surface area contributed by atoms with Crippen molar-refractivity contribution in [3.8, 4) is 0 Å². The molecule has 0 radical (unpaired) electrons. The molecule has 0 saturated carbocycles. The van der Waals surface area contributed by atoms with Crippen LogP contribution in [0.25, 0.3) is 0 Å². The number of nitrogens with one attached hydrogen (secondary N) is 1. The fourth-order valence-corrected chi connectivity index (χ4v) is 3.22. The summed E-state index contributed by atoms with van der Waals surface area (Å²) in [6, 6.07) is 12.2. The van der Waals surface area contributed by atoms with E-state index in [0.29, 0.717) is 0 Å². The quantitative estimate of drug-likeness (QED) is 0.824. The standard InChI is InChI=1S/C14H15Cl2NS/c1-10(12-4-2-3-5-13(12)15)17-9-8-11-6-7-14(16)18-11/h2-7,10,17H,8-9H2,1H3. The maximum Gasteiger partial charge on any atom is 0.0931 e. The Morgan fingerprint density at radius 1 is 1.17 bits per heavy atom. The molecule has 1 aromatic heterocycles. The first-order chi connectivity index (χ1) is 8.66. The van der Waals surface area contributed by atoms with Crippen LogP contribution in [0.5, 0.6) is 0 Å². The molecule has 96 valence electrons. The van der Waals surface area contributed by atoms with Crippen LogP contribution in [0.4, 0.5) is 0 Å². The van der Waals surface area contributed by atoms with Gasteiger partial charge in [-0.3, -0.25) is 0 Å². The van der Waals surface area contributed by atoms with E-state index >= 15 is 0 Å². The van der Waals surface area contributed by atoms with Gasteiger partial charge in [-0.15, -0.1) is 11.3 Å². The molecule has 0 aliphatic heterocycles. The summed E-state index contributed by atoms with van der Waals surface area (Å²) in [5.74, 6) is 0. The molecule has 1 unspecified atom stereocenters. The van der Waals surface area contributed by atoms with Gasteiger partial charge in [0.15, 0.2) is 0 Å². The zero-order valence-electron chi connectivity index (χ0n) is 10.1. The third kappa shape index (κ3) is 3.72. The van der Waals surface area contributed by atoms with Gasteiger partial charge in [0.2, 0.25) is 0 Å². The molecule has 4 heteroatoms. The molecule has 1 N–H and O–H groups in total. The molecular weight excluding hydrogens is 285 g/mol. The van der Waals surface area contributed by atoms with Gasteiger partial charge in [-0.1, -0.05) is 41.4 Å². The van der Waals surface area contributed by atoms with Crippen LogP contribution >= 0.6 is 34.5 Å². The maximum atomic E-state index is 6.16. The van der Waals surface area contributed by atoms with E-state index in [1.807, 2.05) is 24.3 Å². The van der Waals surface area contributed by atoms with Crippen molar-refractivity contribution in [3.63, 3.8) is 0 Å². The molecule has 1 atom stereocenters. The lowest BCUT2D eigenvalue weighted by Gasteiger charge is -2.15. The fraction of sp³-hybridized carbons (Fsp3) is 0.286. The first kappa shape index (κ1) is 13.9. The van der Waals surface area contributed by atoms with E-state index in [-0.39, 0.29) is 6.04 Å². The second-order valence-corrected chi connectivity index (χ2v) is 6.36. The molecule has 1 nitrogen and oxygen atoms in total. The Morgan fingerprint density at radius 2 is 1.94 bits per heavy atom. The van der Waals surface area contributed by atoms with Crippen molar-refractivity contribution in [2.45, 2.75) is 19.4 Å². The Kier molecular flexibility index (Phi) is 5.07. The SMILES string of the molecule is CC(NCCc1ccc(Cl)s1)c1ccccc1Cl. The van der Waals surface area contributed by atoms with Crippen molar-refractivity contribution >= 4 is 34.5 Å². The molecule has 0 bridgehead atoms. The summed E-state index contributed by atoms with van der Waals surface area (Å²) in [4.78, 5) is 1.30. The largest absolute Gasteiger partial charge is 0.310 e. The molecular formula is C14H15Cl2NS. The zero-order valence-corrected chi connectivity index (χ0v) is 12.4. The molecule has 1 heterocycles. The van der Waals surface area contributed by atoms with Gasteiger partial charge in [-0.05, 0) is 37.1 Å². The third-order valence-corrected chi connectivity index (χ3v) is 4.46. The van der Waals surface area contributed by atoms with Crippen LogP contribution in [0.2, 0.25) is 9.36 Å². The molecule has 0 amide bonds. The third-order valence-electron chi connectivity index (χ3n) is 2.82. The second kappa shape index (κ2) is 6.58. The summed E-state index contributed by atoms with van der Waals surface area (Å²) >= 11 is 13.7. The summed E-state index contributed by atoms with van der Waals surface area (Å²) in [6.45, 7) is 3.05. The van der Waals surface area contributed by atoms with Gasteiger partial charge in [-0.2, -0.15) is 0 Å². The molecule has 0 aliphatic carbocycles. The normalized spacial score (nSPS) is 12.6. The Labute approximate surface area is 122 Å². The van der Waals surface area contributed by atoms with Crippen LogP contribution in [-0.2, 0) is 6.42 Å². The number of hydrogen-bond donors (Lipinski definition) is 1. The second-order valence-electron chi connectivity index (χ2n) is 4.15. The van der Waals surface area contributed by atoms with E-state index < -0.39 is 0 Å². The highest BCUT2D eigenvalue weighted by Crippen LogP contribution is 2.23. The Balaban J connectivity index is 1.85. The van der Waals surface area contributed by atoms with Gasteiger partial charge in [0.1, 0.15) is 0 Å².